The molecule has 4 fully saturated rings. The topological polar surface area (TPSA) is 107 Å². The van der Waals surface area contributed by atoms with E-state index in [1.807, 2.05) is 6.92 Å². The highest BCUT2D eigenvalue weighted by Gasteiger charge is 2.63. The van der Waals surface area contributed by atoms with Crippen molar-refractivity contribution in [2.45, 2.75) is 104 Å². The van der Waals surface area contributed by atoms with Gasteiger partial charge in [0.15, 0.2) is 0 Å². The first-order chi connectivity index (χ1) is 15.8. The van der Waals surface area contributed by atoms with Gasteiger partial charge in [-0.2, -0.15) is 0 Å². The summed E-state index contributed by atoms with van der Waals surface area (Å²) in [5, 5.41) is 42.9. The van der Waals surface area contributed by atoms with E-state index in [-0.39, 0.29) is 52.8 Å². The van der Waals surface area contributed by atoms with Gasteiger partial charge in [0, 0.05) is 0 Å². The van der Waals surface area contributed by atoms with Crippen molar-refractivity contribution in [2.24, 2.45) is 58.2 Å². The van der Waals surface area contributed by atoms with E-state index in [4.69, 9.17) is 4.74 Å². The Morgan fingerprint density at radius 3 is 2.21 bits per heavy atom. The minimum Gasteiger partial charge on any atom is -0.465 e. The molecule has 196 valence electrons. The first-order valence-corrected chi connectivity index (χ1v) is 13.7. The fourth-order valence-corrected chi connectivity index (χ4v) is 8.95. The summed E-state index contributed by atoms with van der Waals surface area (Å²) in [4.78, 5) is 13.0. The maximum Gasteiger partial charge on any atom is 0.309 e. The van der Waals surface area contributed by atoms with Gasteiger partial charge in [0.05, 0.1) is 36.9 Å². The molecule has 0 amide bonds. The van der Waals surface area contributed by atoms with E-state index in [9.17, 15) is 25.2 Å². The standard InChI is InChI=1S/C28H48O6/c1-14(2)15(3)24(31)25(32)16(4)18-7-8-19-17-13-34-26(33)21-11-22(29)23(30)12-28(21,6)20(17)9-10-27(18,19)5/h14-25,29-32H,7-13H2,1-6H3/t15?,16-,17-,18+,19-,20-,21+,22?,23?,24+,25?,27+,28+/m0/s1. The second-order valence-electron chi connectivity index (χ2n) is 13.3. The molecule has 0 radical (unpaired) electrons. The molecule has 6 heteroatoms. The molecule has 0 bridgehead atoms. The summed E-state index contributed by atoms with van der Waals surface area (Å²) in [6, 6.07) is 0. The Morgan fingerprint density at radius 2 is 1.56 bits per heavy atom. The second kappa shape index (κ2) is 9.32. The van der Waals surface area contributed by atoms with Crippen molar-refractivity contribution in [1.82, 2.24) is 0 Å². The van der Waals surface area contributed by atoms with Gasteiger partial charge in [0.1, 0.15) is 0 Å². The molecular weight excluding hydrogens is 432 g/mol. The molecule has 34 heavy (non-hydrogen) atoms. The molecular formula is C28H48O6. The Morgan fingerprint density at radius 1 is 0.912 bits per heavy atom. The normalized spacial score (nSPS) is 48.1. The number of carbonyl (C=O) groups excluding carboxylic acids is 1. The lowest BCUT2D eigenvalue weighted by atomic mass is 9.48. The second-order valence-corrected chi connectivity index (χ2v) is 13.3. The van der Waals surface area contributed by atoms with Crippen LogP contribution in [0.1, 0.15) is 80.1 Å². The van der Waals surface area contributed by atoms with E-state index >= 15 is 0 Å². The van der Waals surface area contributed by atoms with Gasteiger partial charge in [0.2, 0.25) is 0 Å². The number of ether oxygens (including phenoxy) is 1. The molecule has 6 nitrogen and oxygen atoms in total. The highest BCUT2D eigenvalue weighted by Crippen LogP contribution is 2.66. The third kappa shape index (κ3) is 4.05. The average molecular weight is 481 g/mol. The zero-order valence-corrected chi connectivity index (χ0v) is 22.0. The summed E-state index contributed by atoms with van der Waals surface area (Å²) >= 11 is 0. The molecule has 3 aliphatic carbocycles. The maximum absolute atomic E-state index is 13.0. The molecule has 3 saturated carbocycles. The van der Waals surface area contributed by atoms with Crippen LogP contribution in [0.15, 0.2) is 0 Å². The molecule has 0 aromatic rings. The molecule has 4 N–H and O–H groups in total. The largest absolute Gasteiger partial charge is 0.465 e. The highest BCUT2D eigenvalue weighted by molar-refractivity contribution is 5.74. The fraction of sp³-hybridized carbons (Fsp3) is 0.964. The quantitative estimate of drug-likeness (QED) is 0.450. The summed E-state index contributed by atoms with van der Waals surface area (Å²) in [6.45, 7) is 13.2. The Bertz CT molecular complexity index is 755. The van der Waals surface area contributed by atoms with Gasteiger partial charge < -0.3 is 25.2 Å². The smallest absolute Gasteiger partial charge is 0.309 e. The lowest BCUT2D eigenvalue weighted by Crippen LogP contribution is -2.55. The number of esters is 1. The number of rotatable bonds is 5. The number of hydrogen-bond acceptors (Lipinski definition) is 6. The number of carbonyl (C=O) groups is 1. The van der Waals surface area contributed by atoms with E-state index < -0.39 is 24.4 Å². The summed E-state index contributed by atoms with van der Waals surface area (Å²) in [7, 11) is 0. The van der Waals surface area contributed by atoms with Crippen molar-refractivity contribution in [3.63, 3.8) is 0 Å². The van der Waals surface area contributed by atoms with Crippen LogP contribution in [0.5, 0.6) is 0 Å². The molecule has 4 aliphatic rings. The van der Waals surface area contributed by atoms with Gasteiger partial charge >= 0.3 is 5.97 Å². The predicted octanol–water partition coefficient (Wildman–Crippen LogP) is 3.39. The molecule has 0 aromatic heterocycles. The van der Waals surface area contributed by atoms with Gasteiger partial charge in [0.25, 0.3) is 0 Å². The number of hydrogen-bond donors (Lipinski definition) is 4. The summed E-state index contributed by atoms with van der Waals surface area (Å²) in [6.07, 6.45) is 1.61. The number of aliphatic hydroxyl groups is 4. The van der Waals surface area contributed by atoms with Gasteiger partial charge in [-0.05, 0) is 90.8 Å². The molecule has 0 spiro atoms. The van der Waals surface area contributed by atoms with Gasteiger partial charge in [-0.1, -0.05) is 41.5 Å². The van der Waals surface area contributed by atoms with Gasteiger partial charge in [-0.25, -0.2) is 0 Å². The Hall–Kier alpha value is -0.690. The molecule has 4 rings (SSSR count). The van der Waals surface area contributed by atoms with Crippen molar-refractivity contribution in [3.8, 4) is 0 Å². The minimum atomic E-state index is -0.867. The Labute approximate surface area is 205 Å². The van der Waals surface area contributed by atoms with Crippen LogP contribution in [-0.4, -0.2) is 57.4 Å². The zero-order chi connectivity index (χ0) is 25.2. The van der Waals surface area contributed by atoms with Crippen LogP contribution < -0.4 is 0 Å². The number of aliphatic hydroxyl groups excluding tert-OH is 4. The molecule has 1 saturated heterocycles. The fourth-order valence-electron chi connectivity index (χ4n) is 8.95. The highest BCUT2D eigenvalue weighted by atomic mass is 16.5. The van der Waals surface area contributed by atoms with Crippen molar-refractivity contribution in [2.75, 3.05) is 6.61 Å². The summed E-state index contributed by atoms with van der Waals surface area (Å²) in [5.41, 5.74) is -0.345. The monoisotopic (exact) mass is 480 g/mol. The van der Waals surface area contributed by atoms with Crippen LogP contribution in [0.25, 0.3) is 0 Å². The van der Waals surface area contributed by atoms with E-state index in [1.54, 1.807) is 0 Å². The van der Waals surface area contributed by atoms with Crippen LogP contribution in [-0.2, 0) is 9.53 Å². The molecule has 4 unspecified atom stereocenters. The van der Waals surface area contributed by atoms with Gasteiger partial charge in [-0.3, -0.25) is 4.79 Å². The average Bonchev–Trinajstić information content (AvgIpc) is 3.09. The molecule has 13 atom stereocenters. The third-order valence-corrected chi connectivity index (χ3v) is 11.5. The van der Waals surface area contributed by atoms with Crippen LogP contribution in [0, 0.1) is 58.2 Å². The van der Waals surface area contributed by atoms with Crippen LogP contribution in [0.4, 0.5) is 0 Å². The Balaban J connectivity index is 1.58. The van der Waals surface area contributed by atoms with Crippen LogP contribution >= 0.6 is 0 Å². The van der Waals surface area contributed by atoms with E-state index in [2.05, 4.69) is 34.6 Å². The molecule has 0 aromatic carbocycles. The SMILES string of the molecule is CC(C)C(C)[C@@H](O)C(O)[C@@H](C)[C@H]1CC[C@H]2[C@@H]3COC(=O)[C@H]4CC(O)C(O)C[C@]4(C)[C@H]3CC[C@]12C. The lowest BCUT2D eigenvalue weighted by Gasteiger charge is -2.56. The van der Waals surface area contributed by atoms with Crippen molar-refractivity contribution >= 4 is 5.97 Å². The number of cyclic esters (lactones) is 1. The molecule has 1 aliphatic heterocycles. The van der Waals surface area contributed by atoms with Crippen molar-refractivity contribution < 1.29 is 30.0 Å². The maximum atomic E-state index is 13.0. The van der Waals surface area contributed by atoms with Gasteiger partial charge in [-0.15, -0.1) is 0 Å². The van der Waals surface area contributed by atoms with E-state index in [0.29, 0.717) is 30.8 Å². The van der Waals surface area contributed by atoms with E-state index in [0.717, 1.165) is 25.7 Å². The predicted molar refractivity (Wildman–Crippen MR) is 130 cm³/mol. The van der Waals surface area contributed by atoms with Crippen molar-refractivity contribution in [3.05, 3.63) is 0 Å². The van der Waals surface area contributed by atoms with Crippen LogP contribution in [0.2, 0.25) is 0 Å². The molecule has 1 heterocycles. The summed E-state index contributed by atoms with van der Waals surface area (Å²) in [5.74, 6) is 0.948. The van der Waals surface area contributed by atoms with Crippen molar-refractivity contribution in [1.29, 1.82) is 0 Å². The summed E-state index contributed by atoms with van der Waals surface area (Å²) < 4.78 is 5.86. The minimum absolute atomic E-state index is 0.00827. The van der Waals surface area contributed by atoms with Crippen LogP contribution in [0.3, 0.4) is 0 Å². The Kier molecular flexibility index (Phi) is 7.23. The third-order valence-electron chi connectivity index (χ3n) is 11.5. The first-order valence-electron chi connectivity index (χ1n) is 13.7. The number of fused-ring (bicyclic) bond motifs is 5. The first kappa shape index (κ1) is 26.4. The lowest BCUT2D eigenvalue weighted by molar-refractivity contribution is -0.162. The van der Waals surface area contributed by atoms with E-state index in [1.165, 1.54) is 0 Å². The zero-order valence-electron chi connectivity index (χ0n) is 22.0.